The maximum absolute atomic E-state index is 13.2. The number of amides is 2. The molecular formula is C23H25ClN6O2. The Morgan fingerprint density at radius 1 is 1.03 bits per heavy atom. The van der Waals surface area contributed by atoms with Crippen molar-refractivity contribution < 1.29 is 9.59 Å². The molecule has 166 valence electrons. The van der Waals surface area contributed by atoms with Crippen LogP contribution >= 0.6 is 11.6 Å². The number of aromatic nitrogens is 4. The van der Waals surface area contributed by atoms with Crippen molar-refractivity contribution in [1.82, 2.24) is 29.7 Å². The van der Waals surface area contributed by atoms with Gasteiger partial charge in [0, 0.05) is 44.5 Å². The van der Waals surface area contributed by atoms with E-state index in [1.165, 1.54) is 6.20 Å². The van der Waals surface area contributed by atoms with Crippen molar-refractivity contribution >= 4 is 34.6 Å². The quantitative estimate of drug-likeness (QED) is 0.615. The number of aromatic amines is 1. The molecule has 1 N–H and O–H groups in total. The highest BCUT2D eigenvalue weighted by atomic mass is 35.5. The van der Waals surface area contributed by atoms with Crippen LogP contribution < -0.4 is 0 Å². The lowest BCUT2D eigenvalue weighted by molar-refractivity contribution is -0.138. The number of nitrogens with zero attached hydrogens (tertiary/aromatic N) is 5. The predicted molar refractivity (Wildman–Crippen MR) is 120 cm³/mol. The zero-order valence-electron chi connectivity index (χ0n) is 17.7. The molecule has 5 heterocycles. The molecule has 3 aromatic rings. The van der Waals surface area contributed by atoms with Gasteiger partial charge in [0.2, 0.25) is 5.91 Å². The molecular weight excluding hydrogens is 428 g/mol. The number of pyridine rings is 2. The Hall–Kier alpha value is -3.00. The molecule has 0 radical (unpaired) electrons. The van der Waals surface area contributed by atoms with E-state index >= 15 is 0 Å². The van der Waals surface area contributed by atoms with Gasteiger partial charge in [0.05, 0.1) is 17.0 Å². The van der Waals surface area contributed by atoms with Gasteiger partial charge in [-0.25, -0.2) is 15.0 Å². The van der Waals surface area contributed by atoms with E-state index in [9.17, 15) is 9.59 Å². The van der Waals surface area contributed by atoms with E-state index in [0.717, 1.165) is 42.7 Å². The molecule has 2 aliphatic rings. The Balaban J connectivity index is 1.19. The molecule has 0 aliphatic carbocycles. The SMILES string of the molecule is O=C(c1ccc(Cl)nc1)N1CCCC(C(=O)N2CCC(c3nc4ncccc4[nH]3)CC2)C1. The monoisotopic (exact) mass is 452 g/mol. The summed E-state index contributed by atoms with van der Waals surface area (Å²) in [6.45, 7) is 2.53. The third-order valence-corrected chi connectivity index (χ3v) is 6.72. The smallest absolute Gasteiger partial charge is 0.255 e. The van der Waals surface area contributed by atoms with Crippen molar-refractivity contribution in [2.24, 2.45) is 5.92 Å². The molecule has 2 amide bonds. The van der Waals surface area contributed by atoms with Crippen LogP contribution in [-0.4, -0.2) is 67.7 Å². The molecule has 1 atom stereocenters. The molecule has 2 aliphatic heterocycles. The summed E-state index contributed by atoms with van der Waals surface area (Å²) in [7, 11) is 0. The minimum atomic E-state index is -0.153. The first-order chi connectivity index (χ1) is 15.6. The second kappa shape index (κ2) is 8.86. The third kappa shape index (κ3) is 4.19. The molecule has 5 rings (SSSR count). The van der Waals surface area contributed by atoms with Crippen LogP contribution in [0.2, 0.25) is 5.15 Å². The number of hydrogen-bond donors (Lipinski definition) is 1. The average Bonchev–Trinajstić information content (AvgIpc) is 3.28. The first-order valence-electron chi connectivity index (χ1n) is 11.1. The lowest BCUT2D eigenvalue weighted by Crippen LogP contribution is -2.48. The van der Waals surface area contributed by atoms with Crippen molar-refractivity contribution in [3.63, 3.8) is 0 Å². The summed E-state index contributed by atoms with van der Waals surface area (Å²) < 4.78 is 0. The number of halogens is 1. The van der Waals surface area contributed by atoms with Crippen molar-refractivity contribution in [1.29, 1.82) is 0 Å². The maximum atomic E-state index is 13.2. The minimum Gasteiger partial charge on any atom is -0.342 e. The summed E-state index contributed by atoms with van der Waals surface area (Å²) in [4.78, 5) is 46.1. The Morgan fingerprint density at radius 3 is 2.62 bits per heavy atom. The second-order valence-electron chi connectivity index (χ2n) is 8.56. The van der Waals surface area contributed by atoms with Crippen LogP contribution in [-0.2, 0) is 4.79 Å². The Morgan fingerprint density at radius 2 is 1.88 bits per heavy atom. The third-order valence-electron chi connectivity index (χ3n) is 6.50. The fourth-order valence-corrected chi connectivity index (χ4v) is 4.85. The van der Waals surface area contributed by atoms with Gasteiger partial charge in [0.25, 0.3) is 5.91 Å². The predicted octanol–water partition coefficient (Wildman–Crippen LogP) is 3.26. The molecule has 8 nitrogen and oxygen atoms in total. The number of fused-ring (bicyclic) bond motifs is 1. The molecule has 2 saturated heterocycles. The zero-order chi connectivity index (χ0) is 22.1. The topological polar surface area (TPSA) is 95.1 Å². The fourth-order valence-electron chi connectivity index (χ4n) is 4.74. The molecule has 3 aromatic heterocycles. The van der Waals surface area contributed by atoms with Crippen LogP contribution in [0, 0.1) is 5.92 Å². The Kier molecular flexibility index (Phi) is 5.78. The number of hydrogen-bond acceptors (Lipinski definition) is 5. The van der Waals surface area contributed by atoms with Gasteiger partial charge in [-0.1, -0.05) is 11.6 Å². The van der Waals surface area contributed by atoms with E-state index < -0.39 is 0 Å². The molecule has 2 fully saturated rings. The number of carbonyl (C=O) groups excluding carboxylic acids is 2. The molecule has 0 bridgehead atoms. The molecule has 0 aromatic carbocycles. The van der Waals surface area contributed by atoms with Gasteiger partial charge in [0.15, 0.2) is 5.65 Å². The van der Waals surface area contributed by atoms with Crippen LogP contribution in [0.15, 0.2) is 36.7 Å². The lowest BCUT2D eigenvalue weighted by Gasteiger charge is -2.37. The number of rotatable bonds is 3. The Labute approximate surface area is 191 Å². The van der Waals surface area contributed by atoms with Gasteiger partial charge in [-0.05, 0) is 49.9 Å². The number of likely N-dealkylation sites (tertiary alicyclic amines) is 2. The largest absolute Gasteiger partial charge is 0.342 e. The number of H-pyrrole nitrogens is 1. The van der Waals surface area contributed by atoms with Crippen molar-refractivity contribution in [3.8, 4) is 0 Å². The van der Waals surface area contributed by atoms with Crippen LogP contribution in [0.4, 0.5) is 0 Å². The summed E-state index contributed by atoms with van der Waals surface area (Å²) in [6.07, 6.45) is 6.63. The molecule has 1 unspecified atom stereocenters. The van der Waals surface area contributed by atoms with E-state index in [1.54, 1.807) is 23.2 Å². The Bertz CT molecular complexity index is 1090. The standard InChI is InChI=1S/C23H25ClN6O2/c24-19-6-5-16(13-26-19)22(31)30-10-2-3-17(14-30)23(32)29-11-7-15(8-12-29)20-27-18-4-1-9-25-21(18)28-20/h1,4-6,9,13,15,17H,2-3,7-8,10-12,14H2,(H,25,27,28). The van der Waals surface area contributed by atoms with Crippen LogP contribution in [0.1, 0.15) is 47.8 Å². The van der Waals surface area contributed by atoms with Gasteiger partial charge < -0.3 is 14.8 Å². The maximum Gasteiger partial charge on any atom is 0.255 e. The van der Waals surface area contributed by atoms with Gasteiger partial charge >= 0.3 is 0 Å². The average molecular weight is 453 g/mol. The first-order valence-corrected chi connectivity index (χ1v) is 11.5. The van der Waals surface area contributed by atoms with Crippen LogP contribution in [0.3, 0.4) is 0 Å². The summed E-state index contributed by atoms with van der Waals surface area (Å²) in [5.41, 5.74) is 2.19. The van der Waals surface area contributed by atoms with E-state index in [2.05, 4.69) is 19.9 Å². The van der Waals surface area contributed by atoms with Crippen molar-refractivity contribution in [3.05, 3.63) is 53.2 Å². The van der Waals surface area contributed by atoms with E-state index in [4.69, 9.17) is 11.6 Å². The summed E-state index contributed by atoms with van der Waals surface area (Å²) in [5.74, 6) is 1.16. The number of piperidine rings is 2. The van der Waals surface area contributed by atoms with Crippen molar-refractivity contribution in [2.75, 3.05) is 26.2 Å². The highest BCUT2D eigenvalue weighted by Gasteiger charge is 2.34. The van der Waals surface area contributed by atoms with E-state index in [1.807, 2.05) is 17.0 Å². The first kappa shape index (κ1) is 20.9. The summed E-state index contributed by atoms with van der Waals surface area (Å²) in [5, 5.41) is 0.357. The number of carbonyl (C=O) groups is 2. The minimum absolute atomic E-state index is 0.0936. The highest BCUT2D eigenvalue weighted by molar-refractivity contribution is 6.29. The lowest BCUT2D eigenvalue weighted by atomic mass is 9.92. The summed E-state index contributed by atoms with van der Waals surface area (Å²) in [6, 6.07) is 7.17. The molecule has 32 heavy (non-hydrogen) atoms. The zero-order valence-corrected chi connectivity index (χ0v) is 18.5. The second-order valence-corrected chi connectivity index (χ2v) is 8.94. The van der Waals surface area contributed by atoms with Gasteiger partial charge in [-0.2, -0.15) is 0 Å². The van der Waals surface area contributed by atoms with E-state index in [0.29, 0.717) is 42.8 Å². The van der Waals surface area contributed by atoms with Gasteiger partial charge in [-0.15, -0.1) is 0 Å². The fraction of sp³-hybridized carbons (Fsp3) is 0.435. The van der Waals surface area contributed by atoms with E-state index in [-0.39, 0.29) is 17.7 Å². The van der Waals surface area contributed by atoms with Crippen LogP contribution in [0.25, 0.3) is 11.2 Å². The van der Waals surface area contributed by atoms with Crippen molar-refractivity contribution in [2.45, 2.75) is 31.6 Å². The number of imidazole rings is 1. The summed E-state index contributed by atoms with van der Waals surface area (Å²) >= 11 is 5.83. The molecule has 0 spiro atoms. The normalized spacial score (nSPS) is 20.0. The van der Waals surface area contributed by atoms with Crippen LogP contribution in [0.5, 0.6) is 0 Å². The van der Waals surface area contributed by atoms with Gasteiger partial charge in [-0.3, -0.25) is 9.59 Å². The number of nitrogens with one attached hydrogen (secondary N) is 1. The van der Waals surface area contributed by atoms with Gasteiger partial charge in [0.1, 0.15) is 11.0 Å². The molecule has 9 heteroatoms. The molecule has 0 saturated carbocycles. The highest BCUT2D eigenvalue weighted by Crippen LogP contribution is 2.29.